The molecule has 4 heteroatoms. The van der Waals surface area contributed by atoms with Crippen molar-refractivity contribution in [3.05, 3.63) is 23.8 Å². The Labute approximate surface area is 92.9 Å². The van der Waals surface area contributed by atoms with Crippen molar-refractivity contribution in [2.24, 2.45) is 0 Å². The molecule has 1 heterocycles. The Morgan fingerprint density at radius 2 is 2.20 bits per heavy atom. The Balaban J connectivity index is 2.41. The third-order valence-corrected chi connectivity index (χ3v) is 3.39. The van der Waals surface area contributed by atoms with Gasteiger partial charge in [0.2, 0.25) is 5.91 Å². The molecule has 1 aromatic rings. The van der Waals surface area contributed by atoms with Crippen molar-refractivity contribution in [1.29, 1.82) is 0 Å². The first-order valence-corrected chi connectivity index (χ1v) is 5.75. The quantitative estimate of drug-likeness (QED) is 0.765. The number of fused-ring (bicyclic) bond motifs is 1. The molecule has 2 rings (SSSR count). The van der Waals surface area contributed by atoms with Crippen LogP contribution < -0.4 is 5.32 Å². The van der Waals surface area contributed by atoms with Crippen LogP contribution in [0.5, 0.6) is 0 Å². The SMILES string of the molecule is CC(C)(O)c1ccc2c(c1)NC(=O)CS2. The molecule has 0 bridgehead atoms. The Kier molecular flexibility index (Phi) is 2.48. The van der Waals surface area contributed by atoms with Crippen LogP contribution in [0.25, 0.3) is 0 Å². The predicted octanol–water partition coefficient (Wildman–Crippen LogP) is 1.96. The molecule has 0 saturated heterocycles. The van der Waals surface area contributed by atoms with Gasteiger partial charge in [-0.15, -0.1) is 11.8 Å². The molecule has 0 aliphatic carbocycles. The highest BCUT2D eigenvalue weighted by Gasteiger charge is 2.20. The Bertz CT molecular complexity index is 410. The van der Waals surface area contributed by atoms with Gasteiger partial charge >= 0.3 is 0 Å². The van der Waals surface area contributed by atoms with Gasteiger partial charge in [0, 0.05) is 4.90 Å². The largest absolute Gasteiger partial charge is 0.386 e. The fourth-order valence-electron chi connectivity index (χ4n) is 1.46. The smallest absolute Gasteiger partial charge is 0.234 e. The molecule has 1 aromatic carbocycles. The lowest BCUT2D eigenvalue weighted by Crippen LogP contribution is -2.21. The lowest BCUT2D eigenvalue weighted by atomic mass is 9.98. The van der Waals surface area contributed by atoms with Crippen molar-refractivity contribution in [3.8, 4) is 0 Å². The minimum Gasteiger partial charge on any atom is -0.386 e. The summed E-state index contributed by atoms with van der Waals surface area (Å²) < 4.78 is 0. The number of thioether (sulfide) groups is 1. The molecule has 0 radical (unpaired) electrons. The molecule has 3 nitrogen and oxygen atoms in total. The van der Waals surface area contributed by atoms with Crippen LogP contribution >= 0.6 is 11.8 Å². The minimum absolute atomic E-state index is 0.0143. The summed E-state index contributed by atoms with van der Waals surface area (Å²) in [5, 5.41) is 12.6. The van der Waals surface area contributed by atoms with Crippen LogP contribution in [0.2, 0.25) is 0 Å². The van der Waals surface area contributed by atoms with Crippen molar-refractivity contribution >= 4 is 23.4 Å². The second-order valence-electron chi connectivity index (χ2n) is 4.11. The summed E-state index contributed by atoms with van der Waals surface area (Å²) in [6.45, 7) is 3.46. The van der Waals surface area contributed by atoms with Crippen LogP contribution in [-0.2, 0) is 10.4 Å². The molecule has 80 valence electrons. The summed E-state index contributed by atoms with van der Waals surface area (Å²) in [6, 6.07) is 5.66. The number of rotatable bonds is 1. The Morgan fingerprint density at radius 3 is 2.87 bits per heavy atom. The lowest BCUT2D eigenvalue weighted by Gasteiger charge is -2.22. The van der Waals surface area contributed by atoms with E-state index in [-0.39, 0.29) is 5.91 Å². The van der Waals surface area contributed by atoms with E-state index in [1.807, 2.05) is 18.2 Å². The van der Waals surface area contributed by atoms with Crippen LogP contribution in [0, 0.1) is 0 Å². The Morgan fingerprint density at radius 1 is 1.47 bits per heavy atom. The zero-order valence-corrected chi connectivity index (χ0v) is 9.52. The van der Waals surface area contributed by atoms with Crippen LogP contribution in [0.4, 0.5) is 5.69 Å². The minimum atomic E-state index is -0.873. The molecule has 0 atom stereocenters. The maximum atomic E-state index is 11.2. The maximum Gasteiger partial charge on any atom is 0.234 e. The lowest BCUT2D eigenvalue weighted by molar-refractivity contribution is -0.113. The number of nitrogens with one attached hydrogen (secondary N) is 1. The van der Waals surface area contributed by atoms with Gasteiger partial charge < -0.3 is 10.4 Å². The van der Waals surface area contributed by atoms with Crippen molar-refractivity contribution in [2.75, 3.05) is 11.1 Å². The van der Waals surface area contributed by atoms with Crippen LogP contribution in [-0.4, -0.2) is 16.8 Å². The van der Waals surface area contributed by atoms with Crippen LogP contribution in [0.1, 0.15) is 19.4 Å². The van der Waals surface area contributed by atoms with E-state index in [2.05, 4.69) is 5.32 Å². The third-order valence-electron chi connectivity index (χ3n) is 2.32. The third kappa shape index (κ3) is 2.16. The van der Waals surface area contributed by atoms with Gasteiger partial charge in [0.25, 0.3) is 0 Å². The monoisotopic (exact) mass is 223 g/mol. The summed E-state index contributed by atoms with van der Waals surface area (Å²) in [5.41, 5.74) is 0.738. The number of carbonyl (C=O) groups is 1. The number of amides is 1. The number of hydrogen-bond donors (Lipinski definition) is 2. The molecule has 1 aliphatic rings. The molecule has 0 fully saturated rings. The first-order valence-electron chi connectivity index (χ1n) is 4.76. The molecular formula is C11H13NO2S. The Hall–Kier alpha value is -1.000. The molecule has 2 N–H and O–H groups in total. The fraction of sp³-hybridized carbons (Fsp3) is 0.364. The first-order chi connectivity index (χ1) is 6.97. The van der Waals surface area contributed by atoms with E-state index in [4.69, 9.17) is 0 Å². The standard InChI is InChI=1S/C11H13NO2S/c1-11(2,14)7-3-4-9-8(5-7)12-10(13)6-15-9/h3-5,14H,6H2,1-2H3,(H,12,13). The molecular weight excluding hydrogens is 210 g/mol. The highest BCUT2D eigenvalue weighted by atomic mass is 32.2. The average Bonchev–Trinajstić information content (AvgIpc) is 2.15. The fourth-order valence-corrected chi connectivity index (χ4v) is 2.25. The van der Waals surface area contributed by atoms with Crippen LogP contribution in [0.3, 0.4) is 0 Å². The topological polar surface area (TPSA) is 49.3 Å². The summed E-state index contributed by atoms with van der Waals surface area (Å²) in [7, 11) is 0. The van der Waals surface area contributed by atoms with Gasteiger partial charge in [0.1, 0.15) is 0 Å². The van der Waals surface area contributed by atoms with E-state index >= 15 is 0 Å². The van der Waals surface area contributed by atoms with Crippen molar-refractivity contribution in [3.63, 3.8) is 0 Å². The van der Waals surface area contributed by atoms with Gasteiger partial charge in [0.15, 0.2) is 0 Å². The summed E-state index contributed by atoms with van der Waals surface area (Å²) in [6.07, 6.45) is 0. The number of hydrogen-bond acceptors (Lipinski definition) is 3. The van der Waals surface area contributed by atoms with E-state index in [1.165, 1.54) is 11.8 Å². The first kappa shape index (κ1) is 10.5. The zero-order valence-electron chi connectivity index (χ0n) is 8.70. The molecule has 1 amide bonds. The van der Waals surface area contributed by atoms with Crippen molar-refractivity contribution < 1.29 is 9.90 Å². The normalized spacial score (nSPS) is 15.8. The van der Waals surface area contributed by atoms with E-state index in [1.54, 1.807) is 13.8 Å². The van der Waals surface area contributed by atoms with E-state index < -0.39 is 5.60 Å². The van der Waals surface area contributed by atoms with Gasteiger partial charge in [0.05, 0.1) is 17.0 Å². The molecule has 0 saturated carbocycles. The molecule has 1 aliphatic heterocycles. The van der Waals surface area contributed by atoms with Gasteiger partial charge in [-0.2, -0.15) is 0 Å². The molecule has 15 heavy (non-hydrogen) atoms. The summed E-state index contributed by atoms with van der Waals surface area (Å²) in [5.74, 6) is 0.481. The summed E-state index contributed by atoms with van der Waals surface area (Å²) >= 11 is 1.52. The van der Waals surface area contributed by atoms with E-state index in [9.17, 15) is 9.90 Å². The molecule has 0 aromatic heterocycles. The molecule has 0 spiro atoms. The highest BCUT2D eigenvalue weighted by Crippen LogP contribution is 2.34. The van der Waals surface area contributed by atoms with Crippen LogP contribution in [0.15, 0.2) is 23.1 Å². The predicted molar refractivity (Wildman–Crippen MR) is 61.0 cm³/mol. The summed E-state index contributed by atoms with van der Waals surface area (Å²) in [4.78, 5) is 12.3. The number of benzene rings is 1. The van der Waals surface area contributed by atoms with E-state index in [0.717, 1.165) is 16.1 Å². The number of carbonyl (C=O) groups excluding carboxylic acids is 1. The van der Waals surface area contributed by atoms with Gasteiger partial charge in [-0.3, -0.25) is 4.79 Å². The molecule has 0 unspecified atom stereocenters. The number of anilines is 1. The highest BCUT2D eigenvalue weighted by molar-refractivity contribution is 8.00. The van der Waals surface area contributed by atoms with Crippen molar-refractivity contribution in [2.45, 2.75) is 24.3 Å². The zero-order chi connectivity index (χ0) is 11.1. The van der Waals surface area contributed by atoms with Crippen molar-refractivity contribution in [1.82, 2.24) is 0 Å². The van der Waals surface area contributed by atoms with Gasteiger partial charge in [-0.25, -0.2) is 0 Å². The number of aliphatic hydroxyl groups is 1. The van der Waals surface area contributed by atoms with Gasteiger partial charge in [-0.1, -0.05) is 6.07 Å². The van der Waals surface area contributed by atoms with E-state index in [0.29, 0.717) is 5.75 Å². The second kappa shape index (κ2) is 3.54. The second-order valence-corrected chi connectivity index (χ2v) is 5.12. The maximum absolute atomic E-state index is 11.2. The van der Waals surface area contributed by atoms with Gasteiger partial charge in [-0.05, 0) is 31.5 Å². The average molecular weight is 223 g/mol.